The van der Waals surface area contributed by atoms with Crippen molar-refractivity contribution in [1.29, 1.82) is 0 Å². The van der Waals surface area contributed by atoms with Crippen molar-refractivity contribution in [3.05, 3.63) is 29.6 Å². The number of rotatable bonds is 3. The molecule has 1 heterocycles. The molecule has 1 aromatic carbocycles. The summed E-state index contributed by atoms with van der Waals surface area (Å²) in [6.07, 6.45) is 3.37. The summed E-state index contributed by atoms with van der Waals surface area (Å²) in [7, 11) is 0. The molecule has 1 aromatic heterocycles. The molecule has 17 heavy (non-hydrogen) atoms. The number of para-hydroxylation sites is 1. The average molecular weight is 228 g/mol. The van der Waals surface area contributed by atoms with Crippen molar-refractivity contribution in [2.45, 2.75) is 32.1 Å². The summed E-state index contributed by atoms with van der Waals surface area (Å²) in [4.78, 5) is 9.22. The van der Waals surface area contributed by atoms with Gasteiger partial charge in [-0.25, -0.2) is 15.8 Å². The highest BCUT2D eigenvalue weighted by Gasteiger charge is 2.27. The third-order valence-corrected chi connectivity index (χ3v) is 3.29. The number of anilines is 1. The van der Waals surface area contributed by atoms with Crippen LogP contribution in [0.1, 0.15) is 37.1 Å². The van der Waals surface area contributed by atoms with E-state index in [2.05, 4.69) is 23.4 Å². The van der Waals surface area contributed by atoms with Crippen molar-refractivity contribution in [3.63, 3.8) is 0 Å². The number of aryl methyl sites for hydroxylation is 1. The van der Waals surface area contributed by atoms with Gasteiger partial charge in [0.05, 0.1) is 5.52 Å². The molecule has 4 heteroatoms. The van der Waals surface area contributed by atoms with Crippen molar-refractivity contribution >= 4 is 16.7 Å². The molecule has 0 radical (unpaired) electrons. The number of nitrogens with zero attached hydrogens (tertiary/aromatic N) is 2. The van der Waals surface area contributed by atoms with Crippen LogP contribution in [-0.4, -0.2) is 9.97 Å². The van der Waals surface area contributed by atoms with E-state index in [4.69, 9.17) is 10.8 Å². The van der Waals surface area contributed by atoms with Crippen molar-refractivity contribution in [3.8, 4) is 0 Å². The van der Waals surface area contributed by atoms with Gasteiger partial charge in [-0.15, -0.1) is 0 Å². The molecule has 1 aliphatic rings. The molecule has 1 aliphatic carbocycles. The first-order valence-corrected chi connectivity index (χ1v) is 6.09. The quantitative estimate of drug-likeness (QED) is 0.625. The molecule has 0 saturated heterocycles. The van der Waals surface area contributed by atoms with Crippen LogP contribution < -0.4 is 11.3 Å². The summed E-state index contributed by atoms with van der Waals surface area (Å²) in [6, 6.07) is 6.16. The molecule has 0 spiro atoms. The molecule has 0 bridgehead atoms. The Labute approximate surface area is 100 Å². The van der Waals surface area contributed by atoms with Crippen molar-refractivity contribution in [2.24, 2.45) is 5.84 Å². The minimum absolute atomic E-state index is 0.538. The second-order valence-electron chi connectivity index (χ2n) is 4.52. The van der Waals surface area contributed by atoms with Crippen molar-refractivity contribution in [1.82, 2.24) is 9.97 Å². The van der Waals surface area contributed by atoms with E-state index >= 15 is 0 Å². The molecule has 4 nitrogen and oxygen atoms in total. The number of nitrogens with two attached hydrogens (primary N) is 1. The lowest BCUT2D eigenvalue weighted by Gasteiger charge is -2.09. The lowest BCUT2D eigenvalue weighted by Crippen LogP contribution is -2.11. The van der Waals surface area contributed by atoms with E-state index in [1.807, 2.05) is 12.1 Å². The molecule has 0 atom stereocenters. The molecule has 1 saturated carbocycles. The Morgan fingerprint density at radius 1 is 1.35 bits per heavy atom. The second kappa shape index (κ2) is 3.96. The summed E-state index contributed by atoms with van der Waals surface area (Å²) in [5.41, 5.74) is 4.99. The average Bonchev–Trinajstić information content (AvgIpc) is 3.20. The number of nitrogens with one attached hydrogen (secondary N) is 1. The number of hydrogen-bond donors (Lipinski definition) is 2. The predicted molar refractivity (Wildman–Crippen MR) is 68.7 cm³/mol. The van der Waals surface area contributed by atoms with E-state index in [9.17, 15) is 0 Å². The van der Waals surface area contributed by atoms with Gasteiger partial charge < -0.3 is 5.43 Å². The first-order chi connectivity index (χ1) is 8.33. The van der Waals surface area contributed by atoms with E-state index in [1.54, 1.807) is 0 Å². The molecular formula is C13H16N4. The zero-order valence-corrected chi connectivity index (χ0v) is 9.90. The predicted octanol–water partition coefficient (Wildman–Crippen LogP) is 2.36. The maximum Gasteiger partial charge on any atom is 0.151 e. The van der Waals surface area contributed by atoms with Gasteiger partial charge in [-0.2, -0.15) is 0 Å². The van der Waals surface area contributed by atoms with Gasteiger partial charge in [0.15, 0.2) is 5.82 Å². The maximum atomic E-state index is 5.56. The summed E-state index contributed by atoms with van der Waals surface area (Å²) in [5, 5.41) is 1.01. The van der Waals surface area contributed by atoms with E-state index in [0.717, 1.165) is 29.0 Å². The second-order valence-corrected chi connectivity index (χ2v) is 4.52. The summed E-state index contributed by atoms with van der Waals surface area (Å²) >= 11 is 0. The number of hydrogen-bond acceptors (Lipinski definition) is 4. The minimum atomic E-state index is 0.538. The minimum Gasteiger partial charge on any atom is -0.308 e. The third-order valence-electron chi connectivity index (χ3n) is 3.29. The largest absolute Gasteiger partial charge is 0.308 e. The summed E-state index contributed by atoms with van der Waals surface area (Å²) < 4.78 is 0. The standard InChI is InChI=1S/C13H16N4/c1-2-8-4-3-5-10-11(8)15-12(9-6-7-9)16-13(10)17-14/h3-5,9H,2,6-7,14H2,1H3,(H,15,16,17). The molecule has 0 aliphatic heterocycles. The van der Waals surface area contributed by atoms with Crippen LogP contribution in [0.2, 0.25) is 0 Å². The van der Waals surface area contributed by atoms with Gasteiger partial charge in [0, 0.05) is 11.3 Å². The molecule has 0 unspecified atom stereocenters. The Bertz CT molecular complexity index is 561. The fourth-order valence-corrected chi connectivity index (χ4v) is 2.15. The lowest BCUT2D eigenvalue weighted by atomic mass is 10.1. The topological polar surface area (TPSA) is 63.8 Å². The van der Waals surface area contributed by atoms with Gasteiger partial charge in [-0.3, -0.25) is 0 Å². The molecule has 3 N–H and O–H groups in total. The van der Waals surface area contributed by atoms with Crippen LogP contribution in [0.15, 0.2) is 18.2 Å². The Hall–Kier alpha value is -1.68. The van der Waals surface area contributed by atoms with Gasteiger partial charge in [0.25, 0.3) is 0 Å². The van der Waals surface area contributed by atoms with E-state index < -0.39 is 0 Å². The fourth-order valence-electron chi connectivity index (χ4n) is 2.15. The van der Waals surface area contributed by atoms with Gasteiger partial charge in [-0.1, -0.05) is 19.1 Å². The van der Waals surface area contributed by atoms with Gasteiger partial charge >= 0.3 is 0 Å². The Kier molecular flexibility index (Phi) is 2.44. The fraction of sp³-hybridized carbons (Fsp3) is 0.385. The molecule has 1 fully saturated rings. The van der Waals surface area contributed by atoms with Gasteiger partial charge in [0.1, 0.15) is 5.82 Å². The smallest absolute Gasteiger partial charge is 0.151 e. The van der Waals surface area contributed by atoms with Crippen LogP contribution in [0.5, 0.6) is 0 Å². The van der Waals surface area contributed by atoms with Crippen LogP contribution in [-0.2, 0) is 6.42 Å². The highest BCUT2D eigenvalue weighted by atomic mass is 15.3. The highest BCUT2D eigenvalue weighted by Crippen LogP contribution is 2.39. The molecule has 2 aromatic rings. The van der Waals surface area contributed by atoms with Crippen LogP contribution in [0.4, 0.5) is 5.82 Å². The maximum absolute atomic E-state index is 5.56. The first kappa shape index (κ1) is 10.5. The van der Waals surface area contributed by atoms with Crippen molar-refractivity contribution in [2.75, 3.05) is 5.43 Å². The Morgan fingerprint density at radius 3 is 2.82 bits per heavy atom. The zero-order chi connectivity index (χ0) is 11.8. The highest BCUT2D eigenvalue weighted by molar-refractivity contribution is 5.91. The van der Waals surface area contributed by atoms with Crippen LogP contribution >= 0.6 is 0 Å². The number of aromatic nitrogens is 2. The van der Waals surface area contributed by atoms with Crippen LogP contribution in [0, 0.1) is 0 Å². The van der Waals surface area contributed by atoms with Gasteiger partial charge in [0.2, 0.25) is 0 Å². The normalized spacial score (nSPS) is 15.2. The van der Waals surface area contributed by atoms with Crippen LogP contribution in [0.3, 0.4) is 0 Å². The SMILES string of the molecule is CCc1cccc2c(NN)nc(C3CC3)nc12. The van der Waals surface area contributed by atoms with E-state index in [0.29, 0.717) is 5.92 Å². The first-order valence-electron chi connectivity index (χ1n) is 6.09. The third kappa shape index (κ3) is 1.74. The summed E-state index contributed by atoms with van der Waals surface area (Å²) in [5.74, 6) is 7.77. The number of benzene rings is 1. The Morgan fingerprint density at radius 2 is 2.18 bits per heavy atom. The zero-order valence-electron chi connectivity index (χ0n) is 9.90. The number of fused-ring (bicyclic) bond motifs is 1. The molecule has 3 rings (SSSR count). The molecule has 0 amide bonds. The monoisotopic (exact) mass is 228 g/mol. The van der Waals surface area contributed by atoms with Gasteiger partial charge in [-0.05, 0) is 30.9 Å². The van der Waals surface area contributed by atoms with Crippen molar-refractivity contribution < 1.29 is 0 Å². The molecule has 88 valence electrons. The number of hydrazine groups is 1. The lowest BCUT2D eigenvalue weighted by molar-refractivity contribution is 0.941. The van der Waals surface area contributed by atoms with E-state index in [1.165, 1.54) is 18.4 Å². The van der Waals surface area contributed by atoms with E-state index in [-0.39, 0.29) is 0 Å². The summed E-state index contributed by atoms with van der Waals surface area (Å²) in [6.45, 7) is 2.14. The van der Waals surface area contributed by atoms with Crippen LogP contribution in [0.25, 0.3) is 10.9 Å². The Balaban J connectivity index is 2.28. The molecular weight excluding hydrogens is 212 g/mol. The number of nitrogen functional groups attached to an aromatic ring is 1.